The molecule has 7 heteroatoms. The first-order valence-corrected chi connectivity index (χ1v) is 9.01. The molecule has 0 aliphatic carbocycles. The van der Waals surface area contributed by atoms with Gasteiger partial charge in [0, 0.05) is 31.0 Å². The van der Waals surface area contributed by atoms with Gasteiger partial charge in [-0.25, -0.2) is 5.43 Å². The van der Waals surface area contributed by atoms with Crippen LogP contribution in [0.3, 0.4) is 0 Å². The Morgan fingerprint density at radius 3 is 2.14 bits per heavy atom. The standard InChI is InChI=1S/C22H22N4O3/c1-15(24-25-21(27)17-8-12-19(13-9-17)26(2)3)16-6-10-18(11-7-16)23-22(28)20-5-4-14-29-20/h4-14H,1-3H3,(H,23,28)(H,25,27)/b24-15+. The van der Waals surface area contributed by atoms with Gasteiger partial charge in [-0.15, -0.1) is 0 Å². The van der Waals surface area contributed by atoms with Gasteiger partial charge in [0.1, 0.15) is 0 Å². The van der Waals surface area contributed by atoms with Crippen molar-refractivity contribution in [1.82, 2.24) is 5.43 Å². The summed E-state index contributed by atoms with van der Waals surface area (Å²) in [6.07, 6.45) is 1.45. The van der Waals surface area contributed by atoms with Gasteiger partial charge in [-0.2, -0.15) is 5.10 Å². The molecule has 0 unspecified atom stereocenters. The normalized spacial score (nSPS) is 11.1. The van der Waals surface area contributed by atoms with Crippen LogP contribution in [-0.4, -0.2) is 31.6 Å². The lowest BCUT2D eigenvalue weighted by Gasteiger charge is -2.12. The molecule has 2 aromatic carbocycles. The molecule has 2 N–H and O–H groups in total. The van der Waals surface area contributed by atoms with E-state index in [4.69, 9.17) is 4.42 Å². The Labute approximate surface area is 169 Å². The lowest BCUT2D eigenvalue weighted by atomic mass is 10.1. The van der Waals surface area contributed by atoms with Gasteiger partial charge < -0.3 is 14.6 Å². The lowest BCUT2D eigenvalue weighted by molar-refractivity contribution is 0.0953. The molecular weight excluding hydrogens is 368 g/mol. The molecule has 7 nitrogen and oxygen atoms in total. The Morgan fingerprint density at radius 1 is 0.897 bits per heavy atom. The quantitative estimate of drug-likeness (QED) is 0.496. The molecule has 2 amide bonds. The van der Waals surface area contributed by atoms with E-state index in [0.717, 1.165) is 11.3 Å². The number of nitrogens with zero attached hydrogens (tertiary/aromatic N) is 2. The minimum atomic E-state index is -0.319. The maximum absolute atomic E-state index is 12.3. The zero-order valence-corrected chi connectivity index (χ0v) is 16.5. The van der Waals surface area contributed by atoms with Crippen molar-refractivity contribution in [3.8, 4) is 0 Å². The first kappa shape index (κ1) is 19.9. The summed E-state index contributed by atoms with van der Waals surface area (Å²) >= 11 is 0. The van der Waals surface area contributed by atoms with E-state index >= 15 is 0 Å². The summed E-state index contributed by atoms with van der Waals surface area (Å²) in [4.78, 5) is 26.2. The zero-order valence-electron chi connectivity index (χ0n) is 16.5. The van der Waals surface area contributed by atoms with E-state index in [1.165, 1.54) is 6.26 Å². The molecule has 1 heterocycles. The predicted octanol–water partition coefficient (Wildman–Crippen LogP) is 3.75. The maximum atomic E-state index is 12.3. The summed E-state index contributed by atoms with van der Waals surface area (Å²) < 4.78 is 5.06. The zero-order chi connectivity index (χ0) is 20.8. The first-order valence-electron chi connectivity index (χ1n) is 9.01. The van der Waals surface area contributed by atoms with Crippen molar-refractivity contribution >= 4 is 28.9 Å². The molecular formula is C22H22N4O3. The number of anilines is 2. The van der Waals surface area contributed by atoms with Crippen LogP contribution < -0.4 is 15.6 Å². The second kappa shape index (κ2) is 8.88. The smallest absolute Gasteiger partial charge is 0.291 e. The second-order valence-electron chi connectivity index (χ2n) is 6.59. The van der Waals surface area contributed by atoms with Gasteiger partial charge in [0.05, 0.1) is 12.0 Å². The summed E-state index contributed by atoms with van der Waals surface area (Å²) in [6, 6.07) is 17.7. The molecule has 0 saturated heterocycles. The van der Waals surface area contributed by atoms with Crippen molar-refractivity contribution < 1.29 is 14.0 Å². The Balaban J connectivity index is 1.60. The fraction of sp³-hybridized carbons (Fsp3) is 0.136. The average Bonchev–Trinajstić information content (AvgIpc) is 3.27. The molecule has 3 aromatic rings. The number of carbonyl (C=O) groups is 2. The fourth-order valence-corrected chi connectivity index (χ4v) is 2.57. The molecule has 0 saturated carbocycles. The van der Waals surface area contributed by atoms with Gasteiger partial charge in [0.15, 0.2) is 5.76 Å². The third kappa shape index (κ3) is 5.10. The maximum Gasteiger partial charge on any atom is 0.291 e. The molecule has 0 fully saturated rings. The Morgan fingerprint density at radius 2 is 1.55 bits per heavy atom. The minimum absolute atomic E-state index is 0.244. The van der Waals surface area contributed by atoms with Crippen molar-refractivity contribution in [1.29, 1.82) is 0 Å². The first-order chi connectivity index (χ1) is 13.9. The van der Waals surface area contributed by atoms with Crippen molar-refractivity contribution in [3.63, 3.8) is 0 Å². The molecule has 3 rings (SSSR count). The van der Waals surface area contributed by atoms with E-state index in [0.29, 0.717) is 17.0 Å². The van der Waals surface area contributed by atoms with E-state index in [1.54, 1.807) is 43.3 Å². The molecule has 0 bridgehead atoms. The summed E-state index contributed by atoms with van der Waals surface area (Å²) in [5.74, 6) is -0.356. The van der Waals surface area contributed by atoms with E-state index in [1.807, 2.05) is 43.3 Å². The monoisotopic (exact) mass is 390 g/mol. The molecule has 29 heavy (non-hydrogen) atoms. The van der Waals surface area contributed by atoms with E-state index < -0.39 is 0 Å². The highest BCUT2D eigenvalue weighted by atomic mass is 16.3. The molecule has 0 atom stereocenters. The summed E-state index contributed by atoms with van der Waals surface area (Å²) in [6.45, 7) is 1.80. The number of nitrogens with one attached hydrogen (secondary N) is 2. The molecule has 0 aliphatic heterocycles. The van der Waals surface area contributed by atoms with Crippen LogP contribution in [0.5, 0.6) is 0 Å². The summed E-state index contributed by atoms with van der Waals surface area (Å²) in [5.41, 5.74) is 6.21. The van der Waals surface area contributed by atoms with Crippen molar-refractivity contribution in [2.75, 3.05) is 24.3 Å². The van der Waals surface area contributed by atoms with E-state index in [9.17, 15) is 9.59 Å². The summed E-state index contributed by atoms with van der Waals surface area (Å²) in [5, 5.41) is 6.91. The highest BCUT2D eigenvalue weighted by molar-refractivity contribution is 6.03. The third-order valence-electron chi connectivity index (χ3n) is 4.28. The van der Waals surface area contributed by atoms with Crippen LogP contribution in [0.4, 0.5) is 11.4 Å². The number of rotatable bonds is 6. The Hall–Kier alpha value is -3.87. The second-order valence-corrected chi connectivity index (χ2v) is 6.59. The largest absolute Gasteiger partial charge is 0.459 e. The SMILES string of the molecule is C/C(=N\NC(=O)c1ccc(N(C)C)cc1)c1ccc(NC(=O)c2ccco2)cc1. The highest BCUT2D eigenvalue weighted by Gasteiger charge is 2.09. The predicted molar refractivity (Wildman–Crippen MR) is 114 cm³/mol. The number of furan rings is 1. The highest BCUT2D eigenvalue weighted by Crippen LogP contribution is 2.14. The van der Waals surface area contributed by atoms with Crippen molar-refractivity contribution in [2.45, 2.75) is 6.92 Å². The van der Waals surface area contributed by atoms with Gasteiger partial charge in [-0.3, -0.25) is 9.59 Å². The Kier molecular flexibility index (Phi) is 6.09. The van der Waals surface area contributed by atoms with Crippen molar-refractivity contribution in [3.05, 3.63) is 83.8 Å². The molecule has 1 aromatic heterocycles. The van der Waals surface area contributed by atoms with Crippen LogP contribution in [0, 0.1) is 0 Å². The van der Waals surface area contributed by atoms with Gasteiger partial charge in [0.2, 0.25) is 0 Å². The van der Waals surface area contributed by atoms with Gasteiger partial charge >= 0.3 is 0 Å². The lowest BCUT2D eigenvalue weighted by Crippen LogP contribution is -2.19. The molecule has 148 valence electrons. The van der Waals surface area contributed by atoms with E-state index in [2.05, 4.69) is 15.8 Å². The van der Waals surface area contributed by atoms with Crippen LogP contribution in [0.2, 0.25) is 0 Å². The van der Waals surface area contributed by atoms with Gasteiger partial charge in [-0.1, -0.05) is 12.1 Å². The van der Waals surface area contributed by atoms with Crippen LogP contribution in [0.25, 0.3) is 0 Å². The van der Waals surface area contributed by atoms with Crippen LogP contribution in [0.1, 0.15) is 33.4 Å². The van der Waals surface area contributed by atoms with Gasteiger partial charge in [0.25, 0.3) is 11.8 Å². The number of hydrogen-bond acceptors (Lipinski definition) is 5. The fourth-order valence-electron chi connectivity index (χ4n) is 2.57. The minimum Gasteiger partial charge on any atom is -0.459 e. The number of benzene rings is 2. The Bertz CT molecular complexity index is 1010. The van der Waals surface area contributed by atoms with Crippen LogP contribution in [-0.2, 0) is 0 Å². The molecule has 0 spiro atoms. The summed E-state index contributed by atoms with van der Waals surface area (Å²) in [7, 11) is 3.88. The molecule has 0 aliphatic rings. The topological polar surface area (TPSA) is 86.9 Å². The number of hydrazone groups is 1. The van der Waals surface area contributed by atoms with Crippen LogP contribution >= 0.6 is 0 Å². The van der Waals surface area contributed by atoms with Crippen LogP contribution in [0.15, 0.2) is 76.4 Å². The van der Waals surface area contributed by atoms with E-state index in [-0.39, 0.29) is 17.6 Å². The average molecular weight is 390 g/mol. The third-order valence-corrected chi connectivity index (χ3v) is 4.28. The number of carbonyl (C=O) groups excluding carboxylic acids is 2. The van der Waals surface area contributed by atoms with Crippen molar-refractivity contribution in [2.24, 2.45) is 5.10 Å². The van der Waals surface area contributed by atoms with Gasteiger partial charge in [-0.05, 0) is 61.0 Å². The number of amides is 2. The molecule has 0 radical (unpaired) electrons. The number of hydrogen-bond donors (Lipinski definition) is 2.